The minimum atomic E-state index is -0.387. The van der Waals surface area contributed by atoms with Gasteiger partial charge in [-0.25, -0.2) is 4.79 Å². The Labute approximate surface area is 169 Å². The van der Waals surface area contributed by atoms with Gasteiger partial charge in [0.25, 0.3) is 0 Å². The molecule has 0 aliphatic carbocycles. The molecule has 0 saturated heterocycles. The molecule has 4 heteroatoms. The zero-order valence-corrected chi connectivity index (χ0v) is 17.6. The molecule has 0 amide bonds. The summed E-state index contributed by atoms with van der Waals surface area (Å²) in [6, 6.07) is 7.17. The van der Waals surface area contributed by atoms with Crippen LogP contribution in [0.1, 0.15) is 96.8 Å². The Bertz CT molecular complexity index is 710. The molecule has 0 saturated carbocycles. The molecule has 0 aliphatic heterocycles. The van der Waals surface area contributed by atoms with Crippen molar-refractivity contribution in [3.05, 3.63) is 34.7 Å². The van der Waals surface area contributed by atoms with E-state index in [0.717, 1.165) is 12.8 Å². The zero-order valence-electron chi connectivity index (χ0n) is 17.6. The van der Waals surface area contributed by atoms with Crippen LogP contribution in [0.25, 0.3) is 10.9 Å². The number of aromatic nitrogens is 1. The van der Waals surface area contributed by atoms with Gasteiger partial charge < -0.3 is 9.15 Å². The van der Waals surface area contributed by atoms with Crippen LogP contribution in [0.5, 0.6) is 6.08 Å². The van der Waals surface area contributed by atoms with Gasteiger partial charge in [-0.05, 0) is 18.6 Å². The van der Waals surface area contributed by atoms with Crippen LogP contribution in [0.4, 0.5) is 0 Å². The van der Waals surface area contributed by atoms with E-state index in [1.54, 1.807) is 18.2 Å². The molecule has 0 unspecified atom stereocenters. The topological polar surface area (TPSA) is 52.3 Å². The predicted octanol–water partition coefficient (Wildman–Crippen LogP) is 7.05. The molecule has 0 N–H and O–H groups in total. The molecule has 0 bridgehead atoms. The van der Waals surface area contributed by atoms with Gasteiger partial charge >= 0.3 is 11.7 Å². The summed E-state index contributed by atoms with van der Waals surface area (Å²) in [5, 5.41) is 0.492. The Balaban J connectivity index is 1.43. The molecular weight excluding hydrogens is 350 g/mol. The van der Waals surface area contributed by atoms with Crippen molar-refractivity contribution in [2.24, 2.45) is 0 Å². The second-order valence-electron chi connectivity index (χ2n) is 7.73. The number of rotatable bonds is 16. The van der Waals surface area contributed by atoms with Gasteiger partial charge in [0.1, 0.15) is 0 Å². The van der Waals surface area contributed by atoms with E-state index in [4.69, 9.17) is 9.15 Å². The molecule has 28 heavy (non-hydrogen) atoms. The first-order valence-electron chi connectivity index (χ1n) is 11.3. The third-order valence-corrected chi connectivity index (χ3v) is 5.24. The van der Waals surface area contributed by atoms with Crippen molar-refractivity contribution in [2.45, 2.75) is 96.8 Å². The fraction of sp³-hybridized carbons (Fsp3) is 0.667. The summed E-state index contributed by atoms with van der Waals surface area (Å²) in [6.07, 6.45) is 18.7. The molecule has 0 atom stereocenters. The largest absolute Gasteiger partial charge is 0.450 e. The van der Waals surface area contributed by atoms with Crippen LogP contribution in [0, 0.1) is 0 Å². The van der Waals surface area contributed by atoms with E-state index < -0.39 is 0 Å². The SMILES string of the molecule is CCCCCCCCCCCCCCCCOc1nc2ccccc2c(=O)o1. The van der Waals surface area contributed by atoms with Crippen molar-refractivity contribution >= 4 is 10.9 Å². The maximum Gasteiger partial charge on any atom is 0.397 e. The first-order valence-corrected chi connectivity index (χ1v) is 11.3. The average molecular weight is 388 g/mol. The van der Waals surface area contributed by atoms with E-state index in [1.165, 1.54) is 77.0 Å². The lowest BCUT2D eigenvalue weighted by Gasteiger charge is -2.05. The molecule has 1 aromatic heterocycles. The van der Waals surface area contributed by atoms with Crippen LogP contribution in [0.2, 0.25) is 0 Å². The van der Waals surface area contributed by atoms with Gasteiger partial charge in [-0.1, -0.05) is 103 Å². The first kappa shape index (κ1) is 22.4. The number of unbranched alkanes of at least 4 members (excludes halogenated alkanes) is 13. The van der Waals surface area contributed by atoms with E-state index in [-0.39, 0.29) is 11.7 Å². The molecule has 0 fully saturated rings. The van der Waals surface area contributed by atoms with E-state index in [2.05, 4.69) is 11.9 Å². The number of ether oxygens (including phenoxy) is 1. The van der Waals surface area contributed by atoms with E-state index in [9.17, 15) is 4.79 Å². The summed E-state index contributed by atoms with van der Waals surface area (Å²) in [5.74, 6) is 0. The van der Waals surface area contributed by atoms with Crippen LogP contribution in [0.3, 0.4) is 0 Å². The third-order valence-electron chi connectivity index (χ3n) is 5.24. The van der Waals surface area contributed by atoms with Gasteiger partial charge in [-0.2, -0.15) is 4.98 Å². The average Bonchev–Trinajstić information content (AvgIpc) is 2.71. The van der Waals surface area contributed by atoms with Crippen LogP contribution in [-0.2, 0) is 0 Å². The molecule has 1 heterocycles. The van der Waals surface area contributed by atoms with Crippen molar-refractivity contribution in [3.63, 3.8) is 0 Å². The Morgan fingerprint density at radius 1 is 0.786 bits per heavy atom. The van der Waals surface area contributed by atoms with E-state index in [0.29, 0.717) is 17.5 Å². The molecule has 0 radical (unpaired) electrons. The molecule has 2 aromatic rings. The number of fused-ring (bicyclic) bond motifs is 1. The van der Waals surface area contributed by atoms with Gasteiger partial charge in [0.05, 0.1) is 17.5 Å². The Kier molecular flexibility index (Phi) is 11.4. The zero-order chi connectivity index (χ0) is 19.9. The second kappa shape index (κ2) is 14.2. The summed E-state index contributed by atoms with van der Waals surface area (Å²) >= 11 is 0. The Hall–Kier alpha value is -1.84. The Morgan fingerprint density at radius 2 is 1.32 bits per heavy atom. The minimum absolute atomic E-state index is 0.0818. The highest BCUT2D eigenvalue weighted by Gasteiger charge is 2.06. The summed E-state index contributed by atoms with van der Waals surface area (Å²) in [7, 11) is 0. The van der Waals surface area contributed by atoms with Gasteiger partial charge in [0.2, 0.25) is 0 Å². The van der Waals surface area contributed by atoms with Crippen molar-refractivity contribution in [1.82, 2.24) is 4.98 Å². The molecule has 1 aromatic carbocycles. The summed E-state index contributed by atoms with van der Waals surface area (Å²) < 4.78 is 10.6. The molecular formula is C24H37NO3. The normalized spacial score (nSPS) is 11.2. The summed E-state index contributed by atoms with van der Waals surface area (Å²) in [4.78, 5) is 16.1. The number of nitrogens with zero attached hydrogens (tertiary/aromatic N) is 1. The quantitative estimate of drug-likeness (QED) is 0.290. The molecule has 156 valence electrons. The fourth-order valence-electron chi connectivity index (χ4n) is 3.52. The number of hydrogen-bond donors (Lipinski definition) is 0. The van der Waals surface area contributed by atoms with Crippen LogP contribution < -0.4 is 10.4 Å². The summed E-state index contributed by atoms with van der Waals surface area (Å²) in [5.41, 5.74) is 0.233. The number of hydrogen-bond acceptors (Lipinski definition) is 4. The second-order valence-corrected chi connectivity index (χ2v) is 7.73. The monoisotopic (exact) mass is 387 g/mol. The predicted molar refractivity (Wildman–Crippen MR) is 116 cm³/mol. The lowest BCUT2D eigenvalue weighted by molar-refractivity contribution is 0.211. The van der Waals surface area contributed by atoms with Crippen LogP contribution >= 0.6 is 0 Å². The van der Waals surface area contributed by atoms with Gasteiger partial charge in [-0.15, -0.1) is 0 Å². The van der Waals surface area contributed by atoms with Gasteiger partial charge in [-0.3, -0.25) is 0 Å². The van der Waals surface area contributed by atoms with Gasteiger partial charge in [0, 0.05) is 0 Å². The van der Waals surface area contributed by atoms with E-state index in [1.807, 2.05) is 6.07 Å². The number of para-hydroxylation sites is 1. The van der Waals surface area contributed by atoms with Crippen molar-refractivity contribution < 1.29 is 9.15 Å². The molecule has 2 rings (SSSR count). The lowest BCUT2D eigenvalue weighted by Crippen LogP contribution is -2.06. The first-order chi connectivity index (χ1) is 13.8. The highest BCUT2D eigenvalue weighted by Crippen LogP contribution is 2.14. The molecule has 0 spiro atoms. The van der Waals surface area contributed by atoms with Crippen molar-refractivity contribution in [1.29, 1.82) is 0 Å². The highest BCUT2D eigenvalue weighted by molar-refractivity contribution is 5.76. The third kappa shape index (κ3) is 8.90. The van der Waals surface area contributed by atoms with Gasteiger partial charge in [0.15, 0.2) is 0 Å². The number of benzene rings is 1. The minimum Gasteiger partial charge on any atom is -0.450 e. The summed E-state index contributed by atoms with van der Waals surface area (Å²) in [6.45, 7) is 2.82. The van der Waals surface area contributed by atoms with Crippen molar-refractivity contribution in [3.8, 4) is 6.08 Å². The molecule has 0 aliphatic rings. The maximum atomic E-state index is 11.9. The van der Waals surface area contributed by atoms with Crippen LogP contribution in [-0.4, -0.2) is 11.6 Å². The highest BCUT2D eigenvalue weighted by atomic mass is 16.6. The standard InChI is InChI=1S/C24H37NO3/c1-2-3-4-5-6-7-8-9-10-11-12-13-14-17-20-27-24-25-22-19-16-15-18-21(22)23(26)28-24/h15-16,18-19H,2-14,17,20H2,1H3. The fourth-order valence-corrected chi connectivity index (χ4v) is 3.52. The van der Waals surface area contributed by atoms with Crippen LogP contribution in [0.15, 0.2) is 33.5 Å². The smallest absolute Gasteiger partial charge is 0.397 e. The van der Waals surface area contributed by atoms with Crippen molar-refractivity contribution in [2.75, 3.05) is 6.61 Å². The lowest BCUT2D eigenvalue weighted by atomic mass is 10.0. The maximum absolute atomic E-state index is 11.9. The van der Waals surface area contributed by atoms with E-state index >= 15 is 0 Å². The Morgan fingerprint density at radius 3 is 1.93 bits per heavy atom. The molecule has 4 nitrogen and oxygen atoms in total.